The van der Waals surface area contributed by atoms with E-state index in [1.165, 1.54) is 38.8 Å². The summed E-state index contributed by atoms with van der Waals surface area (Å²) in [6.07, 6.45) is 7.21. The van der Waals surface area contributed by atoms with Crippen molar-refractivity contribution in [3.63, 3.8) is 0 Å². The van der Waals surface area contributed by atoms with Gasteiger partial charge in [0.15, 0.2) is 0 Å². The lowest BCUT2D eigenvalue weighted by Crippen LogP contribution is -2.61. The van der Waals surface area contributed by atoms with Crippen molar-refractivity contribution in [2.75, 3.05) is 33.3 Å². The van der Waals surface area contributed by atoms with Crippen LogP contribution in [-0.2, 0) is 20.9 Å². The van der Waals surface area contributed by atoms with E-state index in [1.54, 1.807) is 4.90 Å². The summed E-state index contributed by atoms with van der Waals surface area (Å²) in [5.41, 5.74) is 0.940. The van der Waals surface area contributed by atoms with Crippen molar-refractivity contribution in [2.24, 2.45) is 5.92 Å². The van der Waals surface area contributed by atoms with Gasteiger partial charge >= 0.3 is 12.1 Å². The maximum absolute atomic E-state index is 12.8. The van der Waals surface area contributed by atoms with Crippen molar-refractivity contribution < 1.29 is 23.5 Å². The van der Waals surface area contributed by atoms with Gasteiger partial charge in [-0.05, 0) is 44.1 Å². The molecule has 6 nitrogen and oxygen atoms in total. The number of quaternary nitrogens is 1. The Hall–Kier alpha value is -2.08. The lowest BCUT2D eigenvalue weighted by molar-refractivity contribution is -0.947. The van der Waals surface area contributed by atoms with Gasteiger partial charge < -0.3 is 14.0 Å². The SMILES string of the molecule is C[N+]12CCCCC1C(COC(=O)C1CCCN1C(=O)OCc1ccccc1)CCC2. The van der Waals surface area contributed by atoms with Gasteiger partial charge in [-0.25, -0.2) is 9.59 Å². The lowest BCUT2D eigenvalue weighted by atomic mass is 9.82. The molecule has 0 N–H and O–H groups in total. The molecule has 0 saturated carbocycles. The van der Waals surface area contributed by atoms with Gasteiger partial charge in [-0.15, -0.1) is 0 Å². The van der Waals surface area contributed by atoms with Gasteiger partial charge in [0, 0.05) is 18.9 Å². The monoisotopic (exact) mass is 415 g/mol. The Balaban J connectivity index is 1.29. The summed E-state index contributed by atoms with van der Waals surface area (Å²) >= 11 is 0. The summed E-state index contributed by atoms with van der Waals surface area (Å²) in [5.74, 6) is 0.174. The maximum atomic E-state index is 12.8. The first-order valence-corrected chi connectivity index (χ1v) is 11.5. The minimum Gasteiger partial charge on any atom is -0.464 e. The van der Waals surface area contributed by atoms with Gasteiger partial charge in [0.25, 0.3) is 0 Å². The fraction of sp³-hybridized carbons (Fsp3) is 0.667. The molecule has 0 aromatic heterocycles. The van der Waals surface area contributed by atoms with Gasteiger partial charge in [0.1, 0.15) is 12.6 Å². The number of amides is 1. The Bertz CT molecular complexity index is 736. The number of hydrogen-bond acceptors (Lipinski definition) is 4. The van der Waals surface area contributed by atoms with Crippen molar-refractivity contribution in [1.29, 1.82) is 0 Å². The Morgan fingerprint density at radius 2 is 1.80 bits per heavy atom. The number of esters is 1. The van der Waals surface area contributed by atoms with Crippen LogP contribution in [0.5, 0.6) is 0 Å². The fourth-order valence-corrected chi connectivity index (χ4v) is 5.75. The summed E-state index contributed by atoms with van der Waals surface area (Å²) in [6.45, 7) is 3.75. The van der Waals surface area contributed by atoms with Gasteiger partial charge in [-0.3, -0.25) is 4.90 Å². The van der Waals surface area contributed by atoms with E-state index in [4.69, 9.17) is 9.47 Å². The van der Waals surface area contributed by atoms with E-state index in [2.05, 4.69) is 7.05 Å². The third-order valence-corrected chi connectivity index (χ3v) is 7.41. The first kappa shape index (κ1) is 21.2. The fourth-order valence-electron chi connectivity index (χ4n) is 5.75. The Morgan fingerprint density at radius 3 is 2.63 bits per heavy atom. The molecule has 30 heavy (non-hydrogen) atoms. The molecular formula is C24H35N2O4+. The Kier molecular flexibility index (Phi) is 6.61. The van der Waals surface area contributed by atoms with Crippen LogP contribution >= 0.6 is 0 Å². The minimum atomic E-state index is -0.510. The molecular weight excluding hydrogens is 380 g/mol. The van der Waals surface area contributed by atoms with Gasteiger partial charge in [-0.1, -0.05) is 30.3 Å². The molecule has 0 bridgehead atoms. The quantitative estimate of drug-likeness (QED) is 0.543. The number of hydrogen-bond donors (Lipinski definition) is 0. The number of ether oxygens (including phenoxy) is 2. The van der Waals surface area contributed by atoms with E-state index in [0.717, 1.165) is 22.9 Å². The number of nitrogens with zero attached hydrogens (tertiary/aromatic N) is 2. The number of benzene rings is 1. The van der Waals surface area contributed by atoms with Crippen molar-refractivity contribution in [3.8, 4) is 0 Å². The first-order valence-electron chi connectivity index (χ1n) is 11.5. The molecule has 3 heterocycles. The molecule has 1 amide bonds. The molecule has 0 radical (unpaired) electrons. The Morgan fingerprint density at radius 1 is 1.00 bits per heavy atom. The summed E-state index contributed by atoms with van der Waals surface area (Å²) in [4.78, 5) is 27.0. The molecule has 4 unspecified atom stereocenters. The normalized spacial score (nSPS) is 31.1. The van der Waals surface area contributed by atoms with Crippen molar-refractivity contribution in [2.45, 2.75) is 63.6 Å². The number of rotatable bonds is 5. The average molecular weight is 416 g/mol. The van der Waals surface area contributed by atoms with Crippen LogP contribution in [0.15, 0.2) is 30.3 Å². The second-order valence-corrected chi connectivity index (χ2v) is 9.41. The number of likely N-dealkylation sites (tertiary alicyclic amines) is 1. The molecule has 4 rings (SSSR count). The second kappa shape index (κ2) is 9.38. The lowest BCUT2D eigenvalue weighted by Gasteiger charge is -2.51. The largest absolute Gasteiger partial charge is 0.464 e. The number of carbonyl (C=O) groups excluding carboxylic acids is 2. The van der Waals surface area contributed by atoms with Gasteiger partial charge in [0.2, 0.25) is 0 Å². The van der Waals surface area contributed by atoms with E-state index in [0.29, 0.717) is 31.5 Å². The topological polar surface area (TPSA) is 55.8 Å². The van der Waals surface area contributed by atoms with E-state index >= 15 is 0 Å². The maximum Gasteiger partial charge on any atom is 0.410 e. The van der Waals surface area contributed by atoms with Gasteiger partial charge in [-0.2, -0.15) is 0 Å². The van der Waals surface area contributed by atoms with Crippen LogP contribution < -0.4 is 0 Å². The molecule has 3 aliphatic rings. The molecule has 6 heteroatoms. The van der Waals surface area contributed by atoms with E-state index in [1.807, 2.05) is 30.3 Å². The molecule has 3 aliphatic heterocycles. The molecule has 0 spiro atoms. The second-order valence-electron chi connectivity index (χ2n) is 9.41. The molecule has 1 aromatic rings. The van der Waals surface area contributed by atoms with Crippen LogP contribution in [0.2, 0.25) is 0 Å². The third kappa shape index (κ3) is 4.64. The van der Waals surface area contributed by atoms with Gasteiger partial charge in [0.05, 0.1) is 32.8 Å². The van der Waals surface area contributed by atoms with Crippen LogP contribution in [-0.4, -0.2) is 66.8 Å². The third-order valence-electron chi connectivity index (χ3n) is 7.41. The van der Waals surface area contributed by atoms with Crippen LogP contribution in [0.25, 0.3) is 0 Å². The highest BCUT2D eigenvalue weighted by Crippen LogP contribution is 2.36. The highest BCUT2D eigenvalue weighted by Gasteiger charge is 2.44. The number of fused-ring (bicyclic) bond motifs is 1. The molecule has 0 aliphatic carbocycles. The molecule has 3 saturated heterocycles. The van der Waals surface area contributed by atoms with Crippen molar-refractivity contribution >= 4 is 12.1 Å². The zero-order valence-electron chi connectivity index (χ0n) is 18.1. The highest BCUT2D eigenvalue weighted by molar-refractivity contribution is 5.82. The summed E-state index contributed by atoms with van der Waals surface area (Å²) in [7, 11) is 2.37. The van der Waals surface area contributed by atoms with Crippen LogP contribution in [0, 0.1) is 5.92 Å². The molecule has 3 fully saturated rings. The summed E-state index contributed by atoms with van der Waals surface area (Å²) < 4.78 is 12.4. The smallest absolute Gasteiger partial charge is 0.410 e. The molecule has 4 atom stereocenters. The Labute approximate surface area is 179 Å². The number of piperidine rings is 2. The minimum absolute atomic E-state index is 0.220. The predicted octanol–water partition coefficient (Wildman–Crippen LogP) is 3.74. The van der Waals surface area contributed by atoms with E-state index in [9.17, 15) is 9.59 Å². The zero-order valence-corrected chi connectivity index (χ0v) is 18.1. The van der Waals surface area contributed by atoms with Crippen LogP contribution in [0.4, 0.5) is 4.79 Å². The predicted molar refractivity (Wildman–Crippen MR) is 114 cm³/mol. The number of carbonyl (C=O) groups is 2. The van der Waals surface area contributed by atoms with Crippen molar-refractivity contribution in [3.05, 3.63) is 35.9 Å². The zero-order chi connectivity index (χ0) is 21.0. The molecule has 1 aromatic carbocycles. The highest BCUT2D eigenvalue weighted by atomic mass is 16.6. The summed E-state index contributed by atoms with van der Waals surface area (Å²) in [5, 5.41) is 0. The van der Waals surface area contributed by atoms with E-state index in [-0.39, 0.29) is 12.6 Å². The van der Waals surface area contributed by atoms with Crippen LogP contribution in [0.3, 0.4) is 0 Å². The van der Waals surface area contributed by atoms with E-state index < -0.39 is 12.1 Å². The van der Waals surface area contributed by atoms with Crippen LogP contribution in [0.1, 0.15) is 50.5 Å². The van der Waals surface area contributed by atoms with Crippen molar-refractivity contribution in [1.82, 2.24) is 4.90 Å². The average Bonchev–Trinajstić information content (AvgIpc) is 3.26. The molecule has 164 valence electrons. The summed E-state index contributed by atoms with van der Waals surface area (Å²) in [6, 6.07) is 9.70. The standard InChI is InChI=1S/C24H35N2O4/c1-26-15-6-5-13-22(26)20(11-8-16-26)18-29-23(27)21-12-7-14-25(21)24(28)30-17-19-9-3-2-4-10-19/h2-4,9-10,20-22H,5-8,11-18H2,1H3/q+1. The first-order chi connectivity index (χ1) is 14.6.